The monoisotopic (exact) mass is 1580 g/mol. The molecule has 42 heteroatoms. The third-order valence-electron chi connectivity index (χ3n) is 19.3. The van der Waals surface area contributed by atoms with Crippen molar-refractivity contribution in [3.8, 4) is 0 Å². The Kier molecular flexibility index (Phi) is 35.9. The van der Waals surface area contributed by atoms with Crippen molar-refractivity contribution >= 4 is 112 Å². The highest BCUT2D eigenvalue weighted by Gasteiger charge is 2.47. The van der Waals surface area contributed by atoms with Crippen LogP contribution in [0, 0.1) is 5.92 Å². The highest BCUT2D eigenvalue weighted by molar-refractivity contribution is 6.01. The van der Waals surface area contributed by atoms with Gasteiger partial charge in [0, 0.05) is 52.0 Å². The molecule has 42 nitrogen and oxygen atoms in total. The molecule has 0 saturated carbocycles. The smallest absolute Gasteiger partial charge is 0.325 e. The minimum Gasteiger partial charge on any atom is -0.481 e. The molecule has 620 valence electrons. The first-order valence-corrected chi connectivity index (χ1v) is 37.2. The van der Waals surface area contributed by atoms with E-state index in [9.17, 15) is 107 Å². The molecule has 5 rings (SSSR count). The Balaban J connectivity index is 1.30. The van der Waals surface area contributed by atoms with Crippen LogP contribution in [0.5, 0.6) is 0 Å². The Hall–Kier alpha value is -11.2. The summed E-state index contributed by atoms with van der Waals surface area (Å²) in [6, 6.07) is -12.4. The first-order valence-electron chi connectivity index (χ1n) is 37.2. The van der Waals surface area contributed by atoms with Gasteiger partial charge >= 0.3 is 11.9 Å². The average molecular weight is 1580 g/mol. The molecule has 4 heterocycles. The number of rotatable bonds is 43. The second-order valence-corrected chi connectivity index (χ2v) is 28.5. The van der Waals surface area contributed by atoms with Gasteiger partial charge in [0.05, 0.1) is 25.7 Å². The third kappa shape index (κ3) is 27.4. The molecule has 0 aliphatic carbocycles. The molecule has 15 atom stereocenters. The van der Waals surface area contributed by atoms with Crippen LogP contribution in [0.15, 0.2) is 35.3 Å². The number of carbonyl (C=O) groups excluding carboxylic acids is 16. The summed E-state index contributed by atoms with van der Waals surface area (Å²) in [5, 5.41) is 65.2. The number of benzene rings is 1. The zero-order valence-electron chi connectivity index (χ0n) is 63.4. The number of carbonyl (C=O) groups is 18. The summed E-state index contributed by atoms with van der Waals surface area (Å²) in [5.74, 6) is -18.2. The molecule has 1 aromatic carbocycles. The van der Waals surface area contributed by atoms with Gasteiger partial charge in [0.15, 0.2) is 5.96 Å². The van der Waals surface area contributed by atoms with Gasteiger partial charge in [-0.3, -0.25) is 91.3 Å². The molecule has 4 fully saturated rings. The minimum absolute atomic E-state index is 0.0161. The molecule has 16 amide bonds. The van der Waals surface area contributed by atoms with Crippen LogP contribution in [0.25, 0.3) is 0 Å². The Bertz CT molecular complexity index is 3620. The van der Waals surface area contributed by atoms with Crippen LogP contribution in [0.2, 0.25) is 0 Å². The maximum atomic E-state index is 14.8. The van der Waals surface area contributed by atoms with E-state index < -0.39 is 242 Å². The number of aliphatic carboxylic acids is 2. The fourth-order valence-corrected chi connectivity index (χ4v) is 13.5. The molecule has 4 aliphatic heterocycles. The highest BCUT2D eigenvalue weighted by Crippen LogP contribution is 2.28. The van der Waals surface area contributed by atoms with Crippen LogP contribution < -0.4 is 81.8 Å². The van der Waals surface area contributed by atoms with E-state index in [1.807, 2.05) is 0 Å². The standard InChI is InChI=1S/C70H108N20O22/c1-35(2)30-43(83-58(100)44(31-39-14-7-6-8-15-39)84-59(101)45(32-52(73)94)79-53(95)33-71)57(99)80-40(21-23-51(72)93)56(98)85-46(34-91)60(102)81-41(16-9-25-76-70(74)75)66(108)87-26-10-18-48(87)62(104)82-42(22-24-54(96)97)67(109)88-27-11-19-49(88)63(105)86-55(38(5)92)64(106)77-36(3)65(107)90-29-13-20-50(90)68(110)89-28-12-17-47(89)61(103)78-37(4)69(111)112/h6-8,14-15,35-38,40-50,55,91-92H,9-13,16-34,71H2,1-5H3,(H2,72,93)(H2,73,94)(H,77,106)(H,78,103)(H,79,95)(H,80,99)(H,81,102)(H,82,104)(H,83,100)(H,84,101)(H,85,98)(H,86,105)(H,96,97)(H,111,112)(H4,74,75,76)/t36-,37-,38+,40-,41-,42-,43-,44-,45-,46-,47-,48-,49-,50-,55-/m0/s1. The van der Waals surface area contributed by atoms with Gasteiger partial charge in [-0.25, -0.2) is 0 Å². The Morgan fingerprint density at radius 2 is 0.946 bits per heavy atom. The van der Waals surface area contributed by atoms with Gasteiger partial charge in [0.2, 0.25) is 94.5 Å². The minimum atomic E-state index is -1.92. The van der Waals surface area contributed by atoms with Crippen LogP contribution in [-0.2, 0) is 92.7 Å². The lowest BCUT2D eigenvalue weighted by Gasteiger charge is -2.33. The summed E-state index contributed by atoms with van der Waals surface area (Å²) in [6.07, 6.45) is -3.64. The number of nitrogens with zero attached hydrogens (tertiary/aromatic N) is 5. The fourth-order valence-electron chi connectivity index (χ4n) is 13.5. The van der Waals surface area contributed by atoms with Crippen LogP contribution >= 0.6 is 0 Å². The van der Waals surface area contributed by atoms with Crippen molar-refractivity contribution in [2.75, 3.05) is 45.9 Å². The number of carboxylic acid groups (broad SMARTS) is 2. The normalized spacial score (nSPS) is 19.5. The number of nitrogens with two attached hydrogens (primary N) is 5. The predicted molar refractivity (Wildman–Crippen MR) is 394 cm³/mol. The molecule has 0 spiro atoms. The van der Waals surface area contributed by atoms with Gasteiger partial charge in [-0.15, -0.1) is 0 Å². The van der Waals surface area contributed by atoms with E-state index in [0.29, 0.717) is 18.4 Å². The van der Waals surface area contributed by atoms with Gasteiger partial charge in [0.1, 0.15) is 84.6 Å². The molecular weight excluding hydrogens is 1470 g/mol. The number of carboxylic acids is 2. The first-order chi connectivity index (χ1) is 52.9. The number of nitrogens with one attached hydrogen (secondary N) is 10. The lowest BCUT2D eigenvalue weighted by molar-refractivity contribution is -0.148. The van der Waals surface area contributed by atoms with Crippen molar-refractivity contribution in [2.45, 2.75) is 234 Å². The van der Waals surface area contributed by atoms with E-state index in [1.165, 1.54) is 30.6 Å². The number of aliphatic hydroxyl groups is 2. The van der Waals surface area contributed by atoms with Crippen molar-refractivity contribution < 1.29 is 107 Å². The van der Waals surface area contributed by atoms with E-state index in [-0.39, 0.29) is 109 Å². The Morgan fingerprint density at radius 1 is 0.482 bits per heavy atom. The number of likely N-dealkylation sites (tertiary alicyclic amines) is 4. The molecule has 0 bridgehead atoms. The van der Waals surface area contributed by atoms with Crippen LogP contribution in [0.4, 0.5) is 0 Å². The van der Waals surface area contributed by atoms with Crippen molar-refractivity contribution in [2.24, 2.45) is 39.6 Å². The van der Waals surface area contributed by atoms with E-state index >= 15 is 0 Å². The van der Waals surface area contributed by atoms with Gasteiger partial charge in [-0.2, -0.15) is 0 Å². The van der Waals surface area contributed by atoms with E-state index in [0.717, 1.165) is 9.80 Å². The number of hydrogen-bond acceptors (Lipinski definition) is 22. The van der Waals surface area contributed by atoms with E-state index in [1.54, 1.807) is 44.2 Å². The lowest BCUT2D eigenvalue weighted by Crippen LogP contribution is -2.61. The number of amides is 16. The van der Waals surface area contributed by atoms with Crippen LogP contribution in [0.3, 0.4) is 0 Å². The SMILES string of the molecule is CC(C)C[C@H](NC(=O)[C@H](Cc1ccccc1)NC(=O)[C@H](CC(N)=O)NC(=O)CN)C(=O)N[C@@H](CCC(N)=O)C(=O)N[C@@H](CO)C(=O)N[C@@H](CCCN=C(N)N)C(=O)N1CCC[C@H]1C(=O)N[C@@H](CCC(=O)O)C(=O)N1CCC[C@H]1C(=O)N[C@H](C(=O)N[C@@H](C)C(=O)N1CCC[C@H]1C(=O)N1CCC[C@H]1C(=O)N[C@@H](C)C(=O)O)[C@@H](C)O. The topological polar surface area (TPSA) is 664 Å². The lowest BCUT2D eigenvalue weighted by atomic mass is 10.00. The third-order valence-corrected chi connectivity index (χ3v) is 19.3. The molecule has 0 unspecified atom stereocenters. The molecule has 1 aromatic rings. The molecule has 0 aromatic heterocycles. The molecule has 112 heavy (non-hydrogen) atoms. The summed E-state index contributed by atoms with van der Waals surface area (Å²) < 4.78 is 0. The number of aliphatic hydroxyl groups excluding tert-OH is 2. The van der Waals surface area contributed by atoms with Crippen molar-refractivity contribution in [1.29, 1.82) is 0 Å². The summed E-state index contributed by atoms with van der Waals surface area (Å²) in [6.45, 7) is 5.32. The van der Waals surface area contributed by atoms with Crippen LogP contribution in [-0.4, -0.2) is 289 Å². The predicted octanol–water partition coefficient (Wildman–Crippen LogP) is -8.40. The van der Waals surface area contributed by atoms with E-state index in [2.05, 4.69) is 58.2 Å². The maximum absolute atomic E-state index is 14.8. The fraction of sp³-hybridized carbons (Fsp3) is 0.643. The second kappa shape index (κ2) is 44.0. The maximum Gasteiger partial charge on any atom is 0.325 e. The van der Waals surface area contributed by atoms with Crippen molar-refractivity contribution in [1.82, 2.24) is 72.8 Å². The second-order valence-electron chi connectivity index (χ2n) is 28.5. The summed E-state index contributed by atoms with van der Waals surface area (Å²) in [5.41, 5.74) is 27.9. The quantitative estimate of drug-likeness (QED) is 0.0164. The molecule has 0 radical (unpaired) electrons. The largest absolute Gasteiger partial charge is 0.481 e. The molecule has 4 aliphatic rings. The van der Waals surface area contributed by atoms with Crippen molar-refractivity contribution in [3.05, 3.63) is 35.9 Å². The van der Waals surface area contributed by atoms with Crippen LogP contribution in [0.1, 0.15) is 143 Å². The van der Waals surface area contributed by atoms with Gasteiger partial charge < -0.3 is 122 Å². The highest BCUT2D eigenvalue weighted by atomic mass is 16.4. The van der Waals surface area contributed by atoms with Gasteiger partial charge in [0.25, 0.3) is 0 Å². The van der Waals surface area contributed by atoms with Crippen molar-refractivity contribution in [3.63, 3.8) is 0 Å². The molecular formula is C70H108N20O22. The summed E-state index contributed by atoms with van der Waals surface area (Å²) in [7, 11) is 0. The zero-order chi connectivity index (χ0) is 83.4. The molecule has 24 N–H and O–H groups in total. The average Bonchev–Trinajstić information content (AvgIpc) is 1.64. The first kappa shape index (κ1) is 91.4. The number of primary amides is 2. The van der Waals surface area contributed by atoms with Gasteiger partial charge in [-0.05, 0) is 116 Å². The van der Waals surface area contributed by atoms with E-state index in [4.69, 9.17) is 28.7 Å². The number of aliphatic imine (C=N–C) groups is 1. The summed E-state index contributed by atoms with van der Waals surface area (Å²) in [4.78, 5) is 253. The van der Waals surface area contributed by atoms with Gasteiger partial charge in [-0.1, -0.05) is 44.2 Å². The summed E-state index contributed by atoms with van der Waals surface area (Å²) >= 11 is 0. The zero-order valence-corrected chi connectivity index (χ0v) is 63.4. The molecule has 4 saturated heterocycles. The number of hydrogen-bond donors (Lipinski definition) is 19. The Morgan fingerprint density at radius 3 is 1.47 bits per heavy atom. The Labute approximate surface area is 645 Å². The number of guanidine groups is 1.